The molecule has 5 rings (SSSR count). The first kappa shape index (κ1) is 27.6. The number of piperidine rings is 1. The third-order valence-electron chi connectivity index (χ3n) is 8.49. The third-order valence-corrected chi connectivity index (χ3v) is 8.49. The Morgan fingerprint density at radius 3 is 2.54 bits per heavy atom. The van der Waals surface area contributed by atoms with Gasteiger partial charge in [-0.15, -0.1) is 0 Å². The van der Waals surface area contributed by atoms with E-state index in [1.807, 2.05) is 12.1 Å². The van der Waals surface area contributed by atoms with Crippen LogP contribution in [-0.2, 0) is 24.0 Å². The second-order valence-corrected chi connectivity index (χ2v) is 11.0. The van der Waals surface area contributed by atoms with Gasteiger partial charge < -0.3 is 35.7 Å². The largest absolute Gasteiger partial charge is 0.508 e. The van der Waals surface area contributed by atoms with Gasteiger partial charge in [-0.25, -0.2) is 0 Å². The molecule has 2 aliphatic rings. The summed E-state index contributed by atoms with van der Waals surface area (Å²) in [5, 5.41) is 39.2. The molecule has 0 radical (unpaired) electrons. The number of pyridine rings is 1. The van der Waals surface area contributed by atoms with Gasteiger partial charge >= 0.3 is 0 Å². The van der Waals surface area contributed by atoms with Crippen molar-refractivity contribution in [3.05, 3.63) is 69.0 Å². The first-order valence-corrected chi connectivity index (χ1v) is 14.4. The molecular weight excluding hydrogens is 494 g/mol. The summed E-state index contributed by atoms with van der Waals surface area (Å²) in [7, 11) is 0. The van der Waals surface area contributed by atoms with Crippen LogP contribution in [0.15, 0.2) is 41.2 Å². The van der Waals surface area contributed by atoms with Crippen LogP contribution in [0.25, 0.3) is 10.9 Å². The second-order valence-electron chi connectivity index (χ2n) is 11.0. The number of hydrogen-bond donors (Lipinski definition) is 6. The highest BCUT2D eigenvalue weighted by atomic mass is 16.5. The molecule has 1 saturated heterocycles. The second kappa shape index (κ2) is 13.0. The number of phenols is 2. The summed E-state index contributed by atoms with van der Waals surface area (Å²) in [6.07, 6.45) is 7.40. The van der Waals surface area contributed by atoms with Crippen molar-refractivity contribution in [1.82, 2.24) is 15.6 Å². The van der Waals surface area contributed by atoms with Crippen LogP contribution in [0, 0.1) is 5.92 Å². The number of fused-ring (bicyclic) bond motifs is 2. The number of aromatic amines is 1. The Morgan fingerprint density at radius 2 is 1.72 bits per heavy atom. The highest BCUT2D eigenvalue weighted by Crippen LogP contribution is 2.32. The monoisotopic (exact) mass is 535 g/mol. The number of aliphatic hydroxyl groups is 1. The van der Waals surface area contributed by atoms with Crippen LogP contribution in [0.5, 0.6) is 11.5 Å². The Bertz CT molecular complexity index is 1320. The normalized spacial score (nSPS) is 17.7. The lowest BCUT2D eigenvalue weighted by Gasteiger charge is -2.32. The lowest BCUT2D eigenvalue weighted by Crippen LogP contribution is -2.43. The van der Waals surface area contributed by atoms with Crippen LogP contribution < -0.4 is 16.2 Å². The first-order chi connectivity index (χ1) is 19.0. The van der Waals surface area contributed by atoms with Gasteiger partial charge in [0.05, 0.1) is 18.2 Å². The van der Waals surface area contributed by atoms with Gasteiger partial charge in [0.25, 0.3) is 0 Å². The average molecular weight is 536 g/mol. The van der Waals surface area contributed by atoms with Gasteiger partial charge in [0.15, 0.2) is 0 Å². The molecule has 1 unspecified atom stereocenters. The fraction of sp³-hybridized carbons (Fsp3) is 0.516. The average Bonchev–Trinajstić information content (AvgIpc) is 2.96. The summed E-state index contributed by atoms with van der Waals surface area (Å²) in [6, 6.07) is 10.4. The Morgan fingerprint density at radius 1 is 0.949 bits per heavy atom. The first-order valence-electron chi connectivity index (χ1n) is 14.4. The van der Waals surface area contributed by atoms with Crippen LogP contribution in [-0.4, -0.2) is 59.2 Å². The lowest BCUT2D eigenvalue weighted by molar-refractivity contribution is 0.108. The van der Waals surface area contributed by atoms with Crippen LogP contribution in [0.4, 0.5) is 0 Å². The van der Waals surface area contributed by atoms with Gasteiger partial charge in [0.1, 0.15) is 11.5 Å². The van der Waals surface area contributed by atoms with E-state index in [1.54, 1.807) is 12.1 Å². The fourth-order valence-corrected chi connectivity index (χ4v) is 6.33. The van der Waals surface area contributed by atoms with Crippen LogP contribution in [0.3, 0.4) is 0 Å². The van der Waals surface area contributed by atoms with Gasteiger partial charge in [-0.3, -0.25) is 4.79 Å². The van der Waals surface area contributed by atoms with E-state index in [-0.39, 0.29) is 17.4 Å². The molecule has 0 spiro atoms. The van der Waals surface area contributed by atoms with Gasteiger partial charge in [-0.2, -0.15) is 0 Å². The van der Waals surface area contributed by atoms with E-state index in [2.05, 4.69) is 15.6 Å². The predicted octanol–water partition coefficient (Wildman–Crippen LogP) is 3.46. The molecule has 1 aliphatic heterocycles. The number of aromatic nitrogens is 1. The SMILES string of the molecule is O=c1ccc2c([C@@H](O)CNC(CCOCCc3ccc(O)c4c3CCCC4)C3CCNCC3)ccc(O)c2[nH]1. The van der Waals surface area contributed by atoms with Crippen molar-refractivity contribution in [3.8, 4) is 11.5 Å². The number of aliphatic hydroxyl groups excluding tert-OH is 1. The van der Waals surface area contributed by atoms with Gasteiger partial charge in [0, 0.05) is 30.6 Å². The van der Waals surface area contributed by atoms with Crippen molar-refractivity contribution >= 4 is 10.9 Å². The molecular formula is C31H41N3O5. The van der Waals surface area contributed by atoms with E-state index in [9.17, 15) is 20.1 Å². The van der Waals surface area contributed by atoms with Gasteiger partial charge in [-0.05, 0) is 111 Å². The standard InChI is InChI=1S/C31H41N3O5/c35-27-8-5-20(22-3-1-2-4-23(22)27)13-17-39-18-14-26(21-11-15-32-16-12-21)33-19-29(37)24-6-9-28(36)31-25(24)7-10-30(38)34-31/h5-10,21,26,29,32-33,35-37H,1-4,11-19H2,(H,34,38)/t26?,29-/m0/s1. The number of phenolic OH excluding ortho intramolecular Hbond substituents is 2. The minimum Gasteiger partial charge on any atom is -0.508 e. The highest BCUT2D eigenvalue weighted by Gasteiger charge is 2.25. The molecule has 2 atom stereocenters. The molecule has 2 heterocycles. The number of rotatable bonds is 11. The Kier molecular flexibility index (Phi) is 9.19. The predicted molar refractivity (Wildman–Crippen MR) is 152 cm³/mol. The molecule has 8 nitrogen and oxygen atoms in total. The minimum absolute atomic E-state index is 0.0100. The molecule has 0 saturated carbocycles. The van der Waals surface area contributed by atoms with Crippen molar-refractivity contribution in [3.63, 3.8) is 0 Å². The quantitative estimate of drug-likeness (QED) is 0.208. The van der Waals surface area contributed by atoms with Crippen molar-refractivity contribution < 1.29 is 20.1 Å². The molecule has 39 heavy (non-hydrogen) atoms. The maximum absolute atomic E-state index is 11.7. The number of hydrogen-bond acceptors (Lipinski definition) is 7. The van der Waals surface area contributed by atoms with E-state index >= 15 is 0 Å². The van der Waals surface area contributed by atoms with E-state index in [4.69, 9.17) is 4.74 Å². The smallest absolute Gasteiger partial charge is 0.248 e. The van der Waals surface area contributed by atoms with E-state index in [0.29, 0.717) is 47.9 Å². The number of aromatic hydroxyl groups is 2. The van der Waals surface area contributed by atoms with Crippen LogP contribution in [0.1, 0.15) is 60.5 Å². The Balaban J connectivity index is 1.17. The molecule has 0 bridgehead atoms. The lowest BCUT2D eigenvalue weighted by atomic mass is 9.86. The third kappa shape index (κ3) is 6.64. The van der Waals surface area contributed by atoms with E-state index < -0.39 is 6.10 Å². The molecule has 1 aromatic heterocycles. The van der Waals surface area contributed by atoms with Crippen molar-refractivity contribution in [2.75, 3.05) is 32.8 Å². The summed E-state index contributed by atoms with van der Waals surface area (Å²) < 4.78 is 6.11. The molecule has 210 valence electrons. The van der Waals surface area contributed by atoms with E-state index in [1.165, 1.54) is 29.7 Å². The molecule has 1 fully saturated rings. The minimum atomic E-state index is -0.787. The molecule has 1 aliphatic carbocycles. The van der Waals surface area contributed by atoms with Gasteiger partial charge in [0.2, 0.25) is 5.56 Å². The zero-order valence-corrected chi connectivity index (χ0v) is 22.5. The van der Waals surface area contributed by atoms with Gasteiger partial charge in [-0.1, -0.05) is 12.1 Å². The zero-order valence-electron chi connectivity index (χ0n) is 22.5. The number of nitrogens with one attached hydrogen (secondary N) is 3. The molecule has 0 amide bonds. The highest BCUT2D eigenvalue weighted by molar-refractivity contribution is 5.87. The Labute approximate surface area is 229 Å². The number of H-pyrrole nitrogens is 1. The summed E-state index contributed by atoms with van der Waals surface area (Å²) >= 11 is 0. The van der Waals surface area contributed by atoms with Crippen molar-refractivity contribution in [2.45, 2.75) is 63.5 Å². The topological polar surface area (TPSA) is 127 Å². The molecule has 8 heteroatoms. The van der Waals surface area contributed by atoms with Crippen LogP contribution >= 0.6 is 0 Å². The van der Waals surface area contributed by atoms with Crippen molar-refractivity contribution in [2.24, 2.45) is 5.92 Å². The summed E-state index contributed by atoms with van der Waals surface area (Å²) in [5.41, 5.74) is 4.46. The molecule has 6 N–H and O–H groups in total. The van der Waals surface area contributed by atoms with E-state index in [0.717, 1.165) is 63.6 Å². The fourth-order valence-electron chi connectivity index (χ4n) is 6.33. The summed E-state index contributed by atoms with van der Waals surface area (Å²) in [6.45, 7) is 3.65. The van der Waals surface area contributed by atoms with Crippen molar-refractivity contribution in [1.29, 1.82) is 0 Å². The number of benzene rings is 2. The maximum atomic E-state index is 11.7. The maximum Gasteiger partial charge on any atom is 0.248 e. The molecule has 2 aromatic carbocycles. The molecule has 3 aromatic rings. The Hall–Kier alpha value is -2.91. The van der Waals surface area contributed by atoms with Crippen LogP contribution in [0.2, 0.25) is 0 Å². The summed E-state index contributed by atoms with van der Waals surface area (Å²) in [5.74, 6) is 0.921. The summed E-state index contributed by atoms with van der Waals surface area (Å²) in [4.78, 5) is 14.4. The number of ether oxygens (including phenoxy) is 1. The zero-order chi connectivity index (χ0) is 27.2.